The van der Waals surface area contributed by atoms with Gasteiger partial charge in [-0.25, -0.2) is 0 Å². The van der Waals surface area contributed by atoms with Gasteiger partial charge >= 0.3 is 0 Å². The van der Waals surface area contributed by atoms with Crippen molar-refractivity contribution in [2.45, 2.75) is 27.3 Å². The summed E-state index contributed by atoms with van der Waals surface area (Å²) in [6.45, 7) is 7.98. The molecule has 30 heavy (non-hydrogen) atoms. The molecule has 3 aromatic rings. The molecule has 0 radical (unpaired) electrons. The van der Waals surface area contributed by atoms with Crippen LogP contribution in [0.5, 0.6) is 5.75 Å². The van der Waals surface area contributed by atoms with Gasteiger partial charge in [0.2, 0.25) is 0 Å². The molecular weight excluding hydrogens is 412 g/mol. The van der Waals surface area contributed by atoms with Gasteiger partial charge in [-0.05, 0) is 44.5 Å². The Balaban J connectivity index is 1.58. The molecule has 2 heterocycles. The van der Waals surface area contributed by atoms with E-state index in [2.05, 4.69) is 48.9 Å². The fraction of sp³-hybridized carbons (Fsp3) is 0.250. The topological polar surface area (TPSA) is 34.5 Å². The molecule has 0 saturated carbocycles. The lowest BCUT2D eigenvalue weighted by Crippen LogP contribution is -2.27. The fourth-order valence-corrected chi connectivity index (χ4v) is 5.08. The van der Waals surface area contributed by atoms with E-state index in [0.29, 0.717) is 22.4 Å². The van der Waals surface area contributed by atoms with Crippen molar-refractivity contribution in [2.24, 2.45) is 0 Å². The van der Waals surface area contributed by atoms with Crippen LogP contribution in [0.4, 0.5) is 0 Å². The van der Waals surface area contributed by atoms with E-state index in [9.17, 15) is 4.79 Å². The smallest absolute Gasteiger partial charge is 0.266 e. The Hall–Kier alpha value is -2.57. The molecule has 1 fully saturated rings. The maximum absolute atomic E-state index is 12.6. The van der Waals surface area contributed by atoms with Gasteiger partial charge in [0.15, 0.2) is 0 Å². The lowest BCUT2D eigenvalue weighted by Gasteiger charge is -2.11. The number of hydrogen-bond donors (Lipinski definition) is 0. The molecule has 0 bridgehead atoms. The highest BCUT2D eigenvalue weighted by Crippen LogP contribution is 2.34. The summed E-state index contributed by atoms with van der Waals surface area (Å²) >= 11 is 6.71. The largest absolute Gasteiger partial charge is 0.491 e. The van der Waals surface area contributed by atoms with E-state index in [1.54, 1.807) is 4.90 Å². The number of fused-ring (bicyclic) bond motifs is 1. The van der Waals surface area contributed by atoms with Gasteiger partial charge in [-0.1, -0.05) is 59.9 Å². The second kappa shape index (κ2) is 8.66. The maximum atomic E-state index is 12.6. The van der Waals surface area contributed by atoms with Crippen molar-refractivity contribution in [3.8, 4) is 5.75 Å². The van der Waals surface area contributed by atoms with E-state index < -0.39 is 0 Å². The molecule has 154 valence electrons. The number of amides is 1. The zero-order valence-corrected chi connectivity index (χ0v) is 19.0. The van der Waals surface area contributed by atoms with E-state index in [4.69, 9.17) is 17.0 Å². The summed E-state index contributed by atoms with van der Waals surface area (Å²) < 4.78 is 8.84. The van der Waals surface area contributed by atoms with E-state index in [-0.39, 0.29) is 5.91 Å². The van der Waals surface area contributed by atoms with E-state index in [1.165, 1.54) is 17.3 Å². The molecule has 0 spiro atoms. The van der Waals surface area contributed by atoms with Crippen molar-refractivity contribution < 1.29 is 9.53 Å². The molecule has 1 aliphatic heterocycles. The van der Waals surface area contributed by atoms with E-state index in [0.717, 1.165) is 34.3 Å². The molecule has 1 aliphatic rings. The number of rotatable bonds is 6. The molecule has 0 N–H and O–H groups in total. The average molecular weight is 437 g/mol. The number of nitrogens with zero attached hydrogens (tertiary/aromatic N) is 2. The molecule has 0 atom stereocenters. The quantitative estimate of drug-likeness (QED) is 0.374. The number of ether oxygens (including phenoxy) is 1. The van der Waals surface area contributed by atoms with Gasteiger partial charge in [0.1, 0.15) is 16.7 Å². The van der Waals surface area contributed by atoms with Gasteiger partial charge in [-0.3, -0.25) is 9.69 Å². The number of aromatic nitrogens is 1. The van der Waals surface area contributed by atoms with Crippen molar-refractivity contribution in [2.75, 3.05) is 13.2 Å². The van der Waals surface area contributed by atoms with Crippen molar-refractivity contribution in [1.82, 2.24) is 9.47 Å². The van der Waals surface area contributed by atoms with Gasteiger partial charge in [-0.15, -0.1) is 0 Å². The molecule has 4 rings (SSSR count). The standard InChI is InChI=1S/C24H24N2O2S2/c1-4-26-23(27)22(30-24(26)29)14-18-15-25(20-8-6-5-7-19(18)20)11-12-28-21-10-9-16(2)13-17(21)3/h5-10,13-15H,4,11-12H2,1-3H3. The number of thiocarbonyl (C=S) groups is 1. The SMILES string of the molecule is CCN1C(=O)C(=Cc2cn(CCOc3ccc(C)cc3C)c3ccccc23)SC1=S. The summed E-state index contributed by atoms with van der Waals surface area (Å²) in [6, 6.07) is 14.5. The van der Waals surface area contributed by atoms with Crippen LogP contribution in [0.2, 0.25) is 0 Å². The number of hydrogen-bond acceptors (Lipinski definition) is 4. The molecule has 6 heteroatoms. The Morgan fingerprint density at radius 2 is 1.97 bits per heavy atom. The molecule has 0 aliphatic carbocycles. The first-order valence-corrected chi connectivity index (χ1v) is 11.2. The van der Waals surface area contributed by atoms with Gasteiger partial charge in [0.05, 0.1) is 11.4 Å². The summed E-state index contributed by atoms with van der Waals surface area (Å²) in [4.78, 5) is 14.9. The second-order valence-electron chi connectivity index (χ2n) is 7.34. The number of para-hydroxylation sites is 1. The van der Waals surface area contributed by atoms with Crippen LogP contribution in [0.25, 0.3) is 17.0 Å². The Morgan fingerprint density at radius 3 is 2.70 bits per heavy atom. The van der Waals surface area contributed by atoms with E-state index in [1.807, 2.05) is 31.2 Å². The second-order valence-corrected chi connectivity index (χ2v) is 9.01. The molecule has 4 nitrogen and oxygen atoms in total. The van der Waals surface area contributed by atoms with Crippen molar-refractivity contribution in [3.63, 3.8) is 0 Å². The number of benzene rings is 2. The number of aryl methyl sites for hydroxylation is 2. The molecule has 1 saturated heterocycles. The first-order valence-electron chi connectivity index (χ1n) is 10.0. The fourth-order valence-electron chi connectivity index (χ4n) is 3.70. The van der Waals surface area contributed by atoms with Crippen molar-refractivity contribution >= 4 is 51.2 Å². The Labute approximate surface area is 186 Å². The van der Waals surface area contributed by atoms with Crippen LogP contribution >= 0.6 is 24.0 Å². The predicted molar refractivity (Wildman–Crippen MR) is 129 cm³/mol. The lowest BCUT2D eigenvalue weighted by atomic mass is 10.1. The third-order valence-corrected chi connectivity index (χ3v) is 6.59. The highest BCUT2D eigenvalue weighted by atomic mass is 32.2. The Morgan fingerprint density at radius 1 is 1.17 bits per heavy atom. The highest BCUT2D eigenvalue weighted by Gasteiger charge is 2.30. The Kier molecular flexibility index (Phi) is 5.97. The summed E-state index contributed by atoms with van der Waals surface area (Å²) in [5, 5.41) is 1.12. The number of thioether (sulfide) groups is 1. The van der Waals surface area contributed by atoms with Crippen LogP contribution < -0.4 is 4.74 Å². The zero-order chi connectivity index (χ0) is 21.3. The number of likely N-dealkylation sites (N-methyl/N-ethyl adjacent to an activating group) is 1. The third-order valence-electron chi connectivity index (χ3n) is 5.22. The highest BCUT2D eigenvalue weighted by molar-refractivity contribution is 8.26. The minimum Gasteiger partial charge on any atom is -0.491 e. The summed E-state index contributed by atoms with van der Waals surface area (Å²) in [7, 11) is 0. The van der Waals surface area contributed by atoms with Crippen molar-refractivity contribution in [3.05, 3.63) is 70.3 Å². The number of carbonyl (C=O) groups excluding carboxylic acids is 1. The number of carbonyl (C=O) groups is 1. The van der Waals surface area contributed by atoms with Crippen LogP contribution in [0.15, 0.2) is 53.6 Å². The monoisotopic (exact) mass is 436 g/mol. The van der Waals surface area contributed by atoms with Crippen LogP contribution in [0.1, 0.15) is 23.6 Å². The minimum atomic E-state index is -0.0116. The first kappa shape index (κ1) is 20.7. The molecular formula is C24H24N2O2S2. The normalized spacial score (nSPS) is 15.6. The van der Waals surface area contributed by atoms with Crippen LogP contribution in [-0.4, -0.2) is 32.8 Å². The van der Waals surface area contributed by atoms with Crippen molar-refractivity contribution in [1.29, 1.82) is 0 Å². The van der Waals surface area contributed by atoms with Crippen LogP contribution in [0.3, 0.4) is 0 Å². The third kappa shape index (κ3) is 4.02. The predicted octanol–water partition coefficient (Wildman–Crippen LogP) is 5.56. The molecule has 1 amide bonds. The van der Waals surface area contributed by atoms with Crippen LogP contribution in [0, 0.1) is 13.8 Å². The van der Waals surface area contributed by atoms with Gasteiger partial charge in [0, 0.05) is 29.2 Å². The van der Waals surface area contributed by atoms with Gasteiger partial charge in [0.25, 0.3) is 5.91 Å². The van der Waals surface area contributed by atoms with Crippen LogP contribution in [-0.2, 0) is 11.3 Å². The zero-order valence-electron chi connectivity index (χ0n) is 17.3. The first-order chi connectivity index (χ1) is 14.5. The van der Waals surface area contributed by atoms with Gasteiger partial charge < -0.3 is 9.30 Å². The van der Waals surface area contributed by atoms with E-state index >= 15 is 0 Å². The summed E-state index contributed by atoms with van der Waals surface area (Å²) in [6.07, 6.45) is 4.05. The Bertz CT molecular complexity index is 1160. The summed E-state index contributed by atoms with van der Waals surface area (Å²) in [5.41, 5.74) is 4.52. The summed E-state index contributed by atoms with van der Waals surface area (Å²) in [5.74, 6) is 0.906. The lowest BCUT2D eigenvalue weighted by molar-refractivity contribution is -0.121. The molecule has 0 unspecified atom stereocenters. The minimum absolute atomic E-state index is 0.0116. The average Bonchev–Trinajstić information content (AvgIpc) is 3.20. The molecule has 1 aromatic heterocycles. The maximum Gasteiger partial charge on any atom is 0.266 e. The van der Waals surface area contributed by atoms with Gasteiger partial charge in [-0.2, -0.15) is 0 Å². The molecule has 2 aromatic carbocycles.